The maximum atomic E-state index is 12.2. The molecule has 1 fully saturated rings. The van der Waals surface area contributed by atoms with Crippen LogP contribution < -0.4 is 5.32 Å². The van der Waals surface area contributed by atoms with Gasteiger partial charge in [-0.05, 0) is 30.9 Å². The smallest absolute Gasteiger partial charge is 0.329 e. The van der Waals surface area contributed by atoms with Gasteiger partial charge in [0.25, 0.3) is 5.91 Å². The molecule has 1 heterocycles. The summed E-state index contributed by atoms with van der Waals surface area (Å²) in [4.78, 5) is 23.8. The van der Waals surface area contributed by atoms with Crippen molar-refractivity contribution in [3.05, 3.63) is 24.0 Å². The normalized spacial score (nSPS) is 26.9. The number of carbonyl (C=O) groups is 2. The molecule has 5 heteroatoms. The monoisotopic (exact) mass is 264 g/mol. The van der Waals surface area contributed by atoms with Gasteiger partial charge in [0.05, 0.1) is 0 Å². The molecule has 1 aromatic rings. The molecule has 2 N–H and O–H groups in total. The highest BCUT2D eigenvalue weighted by Gasteiger charge is 2.43. The largest absolute Gasteiger partial charge is 0.480 e. The molecule has 104 valence electrons. The number of carbonyl (C=O) groups excluding carboxylic acids is 1. The topological polar surface area (TPSA) is 71.3 Å². The number of hydrogen-bond donors (Lipinski definition) is 2. The summed E-state index contributed by atoms with van der Waals surface area (Å²) in [5, 5.41) is 12.2. The summed E-state index contributed by atoms with van der Waals surface area (Å²) >= 11 is 0. The second-order valence-electron chi connectivity index (χ2n) is 5.55. The number of nitrogens with one attached hydrogen (secondary N) is 1. The van der Waals surface area contributed by atoms with Gasteiger partial charge < -0.3 is 15.0 Å². The summed E-state index contributed by atoms with van der Waals surface area (Å²) in [5.41, 5.74) is -0.627. The third-order valence-electron chi connectivity index (χ3n) is 3.94. The SMILES string of the molecule is CC1CCCC(NC(=O)c2cccn2C)(C(=O)O)C1. The molecule has 2 unspecified atom stereocenters. The molecule has 2 rings (SSSR count). The molecule has 0 spiro atoms. The molecular weight excluding hydrogens is 244 g/mol. The molecule has 0 aromatic carbocycles. The Labute approximate surface area is 112 Å². The Kier molecular flexibility index (Phi) is 3.64. The van der Waals surface area contributed by atoms with Gasteiger partial charge in [-0.1, -0.05) is 19.8 Å². The zero-order chi connectivity index (χ0) is 14.0. The number of hydrogen-bond acceptors (Lipinski definition) is 2. The lowest BCUT2D eigenvalue weighted by molar-refractivity contribution is -0.146. The first-order valence-electron chi connectivity index (χ1n) is 6.62. The third kappa shape index (κ3) is 2.64. The van der Waals surface area contributed by atoms with Crippen LogP contribution in [0.2, 0.25) is 0 Å². The van der Waals surface area contributed by atoms with Gasteiger partial charge in [-0.3, -0.25) is 4.79 Å². The van der Waals surface area contributed by atoms with Crippen molar-refractivity contribution in [2.24, 2.45) is 13.0 Å². The minimum atomic E-state index is -1.11. The van der Waals surface area contributed by atoms with Crippen LogP contribution in [0.25, 0.3) is 0 Å². The Balaban J connectivity index is 2.20. The van der Waals surface area contributed by atoms with Crippen molar-refractivity contribution >= 4 is 11.9 Å². The number of carboxylic acid groups (broad SMARTS) is 1. The molecule has 19 heavy (non-hydrogen) atoms. The van der Waals surface area contributed by atoms with E-state index in [2.05, 4.69) is 5.32 Å². The summed E-state index contributed by atoms with van der Waals surface area (Å²) in [5.74, 6) is -0.927. The number of nitrogens with zero attached hydrogens (tertiary/aromatic N) is 1. The molecule has 2 atom stereocenters. The highest BCUT2D eigenvalue weighted by Crippen LogP contribution is 2.32. The zero-order valence-corrected chi connectivity index (χ0v) is 11.3. The summed E-state index contributed by atoms with van der Waals surface area (Å²) < 4.78 is 1.69. The van der Waals surface area contributed by atoms with Gasteiger partial charge in [-0.2, -0.15) is 0 Å². The van der Waals surface area contributed by atoms with E-state index in [0.29, 0.717) is 24.5 Å². The van der Waals surface area contributed by atoms with E-state index in [-0.39, 0.29) is 5.91 Å². The Morgan fingerprint density at radius 2 is 2.26 bits per heavy atom. The van der Waals surface area contributed by atoms with Crippen molar-refractivity contribution in [2.75, 3.05) is 0 Å². The van der Waals surface area contributed by atoms with Crippen LogP contribution >= 0.6 is 0 Å². The maximum Gasteiger partial charge on any atom is 0.329 e. The minimum absolute atomic E-state index is 0.316. The van der Waals surface area contributed by atoms with E-state index < -0.39 is 11.5 Å². The summed E-state index contributed by atoms with van der Waals surface area (Å²) in [7, 11) is 1.77. The van der Waals surface area contributed by atoms with Crippen molar-refractivity contribution in [3.8, 4) is 0 Å². The molecule has 5 nitrogen and oxygen atoms in total. The zero-order valence-electron chi connectivity index (χ0n) is 11.3. The first-order valence-corrected chi connectivity index (χ1v) is 6.62. The molecule has 1 saturated carbocycles. The van der Waals surface area contributed by atoms with Gasteiger partial charge in [-0.15, -0.1) is 0 Å². The summed E-state index contributed by atoms with van der Waals surface area (Å²) in [6, 6.07) is 3.46. The predicted molar refractivity (Wildman–Crippen MR) is 70.9 cm³/mol. The van der Waals surface area contributed by atoms with Crippen LogP contribution in [0, 0.1) is 5.92 Å². The molecule has 0 bridgehead atoms. The lowest BCUT2D eigenvalue weighted by Crippen LogP contribution is -2.57. The first kappa shape index (κ1) is 13.6. The Morgan fingerprint density at radius 3 is 2.79 bits per heavy atom. The number of carboxylic acids is 1. The average Bonchev–Trinajstić information content (AvgIpc) is 2.75. The fourth-order valence-corrected chi connectivity index (χ4v) is 2.89. The van der Waals surface area contributed by atoms with E-state index in [1.807, 2.05) is 6.92 Å². The van der Waals surface area contributed by atoms with Gasteiger partial charge in [0.15, 0.2) is 0 Å². The van der Waals surface area contributed by atoms with E-state index in [9.17, 15) is 14.7 Å². The van der Waals surface area contributed by atoms with E-state index >= 15 is 0 Å². The standard InChI is InChI=1S/C14H20N2O3/c1-10-5-3-7-14(9-10,13(18)19)15-12(17)11-6-4-8-16(11)2/h4,6,8,10H,3,5,7,9H2,1-2H3,(H,15,17)(H,18,19). The Morgan fingerprint density at radius 1 is 1.53 bits per heavy atom. The maximum absolute atomic E-state index is 12.2. The van der Waals surface area contributed by atoms with E-state index in [0.717, 1.165) is 12.8 Å². The first-order chi connectivity index (χ1) is 8.94. The fraction of sp³-hybridized carbons (Fsp3) is 0.571. The van der Waals surface area contributed by atoms with E-state index in [4.69, 9.17) is 0 Å². The lowest BCUT2D eigenvalue weighted by Gasteiger charge is -2.37. The van der Waals surface area contributed by atoms with Gasteiger partial charge in [0.1, 0.15) is 11.2 Å². The van der Waals surface area contributed by atoms with Gasteiger partial charge in [-0.25, -0.2) is 4.79 Å². The minimum Gasteiger partial charge on any atom is -0.480 e. The molecule has 0 aliphatic heterocycles. The summed E-state index contributed by atoms with van der Waals surface area (Å²) in [6.45, 7) is 2.03. The molecule has 1 aromatic heterocycles. The molecule has 1 aliphatic carbocycles. The quantitative estimate of drug-likeness (QED) is 0.874. The second-order valence-corrected chi connectivity index (χ2v) is 5.55. The number of rotatable bonds is 3. The van der Waals surface area contributed by atoms with Crippen LogP contribution in [0.4, 0.5) is 0 Å². The van der Waals surface area contributed by atoms with Gasteiger partial charge in [0.2, 0.25) is 0 Å². The fourth-order valence-electron chi connectivity index (χ4n) is 2.89. The predicted octanol–water partition coefficient (Wildman–Crippen LogP) is 1.79. The van der Waals surface area contributed by atoms with Crippen molar-refractivity contribution in [2.45, 2.75) is 38.1 Å². The molecule has 1 aliphatic rings. The van der Waals surface area contributed by atoms with E-state index in [1.165, 1.54) is 0 Å². The van der Waals surface area contributed by atoms with Crippen LogP contribution in [0.3, 0.4) is 0 Å². The van der Waals surface area contributed by atoms with Crippen LogP contribution in [0.15, 0.2) is 18.3 Å². The van der Waals surface area contributed by atoms with Crippen molar-refractivity contribution in [1.29, 1.82) is 0 Å². The molecule has 0 saturated heterocycles. The number of aromatic nitrogens is 1. The van der Waals surface area contributed by atoms with Crippen LogP contribution in [-0.4, -0.2) is 27.1 Å². The second kappa shape index (κ2) is 5.07. The van der Waals surface area contributed by atoms with Crippen molar-refractivity contribution < 1.29 is 14.7 Å². The van der Waals surface area contributed by atoms with Crippen LogP contribution in [0.5, 0.6) is 0 Å². The highest BCUT2D eigenvalue weighted by atomic mass is 16.4. The number of amides is 1. The molecular formula is C14H20N2O3. The number of aliphatic carboxylic acids is 1. The third-order valence-corrected chi connectivity index (χ3v) is 3.94. The summed E-state index contributed by atoms with van der Waals surface area (Å²) in [6.07, 6.45) is 4.63. The number of aryl methyl sites for hydroxylation is 1. The van der Waals surface area contributed by atoms with Crippen LogP contribution in [-0.2, 0) is 11.8 Å². The van der Waals surface area contributed by atoms with Gasteiger partial charge in [0, 0.05) is 13.2 Å². The Bertz CT molecular complexity index is 495. The molecule has 0 radical (unpaired) electrons. The lowest BCUT2D eigenvalue weighted by atomic mass is 9.76. The van der Waals surface area contributed by atoms with E-state index in [1.54, 1.807) is 29.9 Å². The van der Waals surface area contributed by atoms with Crippen molar-refractivity contribution in [1.82, 2.24) is 9.88 Å². The van der Waals surface area contributed by atoms with Crippen LogP contribution in [0.1, 0.15) is 43.1 Å². The Hall–Kier alpha value is -1.78. The highest BCUT2D eigenvalue weighted by molar-refractivity contribution is 5.96. The molecule has 1 amide bonds. The van der Waals surface area contributed by atoms with Gasteiger partial charge >= 0.3 is 5.97 Å². The van der Waals surface area contributed by atoms with Crippen molar-refractivity contribution in [3.63, 3.8) is 0 Å². The average molecular weight is 264 g/mol.